The molecule has 5 heteroatoms. The van der Waals surface area contributed by atoms with Crippen molar-refractivity contribution in [3.63, 3.8) is 0 Å². The van der Waals surface area contributed by atoms with Crippen LogP contribution in [0.3, 0.4) is 0 Å². The molecule has 3 aromatic heterocycles. The summed E-state index contributed by atoms with van der Waals surface area (Å²) in [6.45, 7) is 0. The maximum absolute atomic E-state index is 6.71. The van der Waals surface area contributed by atoms with Crippen LogP contribution in [0, 0.1) is 0 Å². The molecule has 0 N–H and O–H groups in total. The zero-order valence-corrected chi connectivity index (χ0v) is 36.8. The van der Waals surface area contributed by atoms with Crippen molar-refractivity contribution < 1.29 is 4.42 Å². The van der Waals surface area contributed by atoms with Crippen molar-refractivity contribution >= 4 is 43.7 Å². The summed E-state index contributed by atoms with van der Waals surface area (Å²) in [5.74, 6) is 1.78. The van der Waals surface area contributed by atoms with E-state index in [0.29, 0.717) is 17.5 Å². The largest absolute Gasteiger partial charge is 0.456 e. The van der Waals surface area contributed by atoms with Gasteiger partial charge in [-0.15, -0.1) is 0 Å². The zero-order valence-electron chi connectivity index (χ0n) is 36.8. The number of benzene rings is 10. The second-order valence-electron chi connectivity index (χ2n) is 17.2. The van der Waals surface area contributed by atoms with Gasteiger partial charge < -0.3 is 8.98 Å². The lowest BCUT2D eigenvalue weighted by molar-refractivity contribution is 0.669. The molecular formula is C63H40N4O. The Morgan fingerprint density at radius 2 is 0.706 bits per heavy atom. The van der Waals surface area contributed by atoms with Gasteiger partial charge in [-0.1, -0.05) is 182 Å². The number of hydrogen-bond acceptors (Lipinski definition) is 4. The van der Waals surface area contributed by atoms with Crippen LogP contribution in [0.1, 0.15) is 0 Å². The fraction of sp³-hybridized carbons (Fsp3) is 0. The fourth-order valence-corrected chi connectivity index (χ4v) is 9.73. The van der Waals surface area contributed by atoms with E-state index >= 15 is 0 Å². The second-order valence-corrected chi connectivity index (χ2v) is 17.2. The number of nitrogens with zero attached hydrogens (tertiary/aromatic N) is 4. The highest BCUT2D eigenvalue weighted by Gasteiger charge is 2.21. The first-order valence-electron chi connectivity index (χ1n) is 22.9. The predicted octanol–water partition coefficient (Wildman–Crippen LogP) is 16.5. The van der Waals surface area contributed by atoms with Crippen LogP contribution in [-0.2, 0) is 0 Å². The van der Waals surface area contributed by atoms with Crippen molar-refractivity contribution in [1.82, 2.24) is 19.5 Å². The third-order valence-electron chi connectivity index (χ3n) is 13.0. The van der Waals surface area contributed by atoms with Gasteiger partial charge in [0.1, 0.15) is 11.2 Å². The Kier molecular flexibility index (Phi) is 9.43. The average molecular weight is 869 g/mol. The smallest absolute Gasteiger partial charge is 0.164 e. The normalized spacial score (nSPS) is 11.5. The molecule has 0 radical (unpaired) electrons. The molecule has 10 aromatic carbocycles. The highest BCUT2D eigenvalue weighted by atomic mass is 16.3. The molecule has 5 nitrogen and oxygen atoms in total. The van der Waals surface area contributed by atoms with Crippen LogP contribution in [-0.4, -0.2) is 19.5 Å². The molecule has 0 fully saturated rings. The molecule has 0 aliphatic heterocycles. The number of fused-ring (bicyclic) bond motifs is 7. The Hall–Kier alpha value is -9.19. The molecule has 0 atom stereocenters. The van der Waals surface area contributed by atoms with Crippen LogP contribution in [0.4, 0.5) is 0 Å². The number of furan rings is 1. The molecule has 13 aromatic rings. The van der Waals surface area contributed by atoms with Crippen molar-refractivity contribution in [1.29, 1.82) is 0 Å². The number of rotatable bonds is 8. The molecule has 13 rings (SSSR count). The van der Waals surface area contributed by atoms with E-state index in [4.69, 9.17) is 19.4 Å². The topological polar surface area (TPSA) is 56.7 Å². The first-order chi connectivity index (χ1) is 33.7. The summed E-state index contributed by atoms with van der Waals surface area (Å²) >= 11 is 0. The lowest BCUT2D eigenvalue weighted by atomic mass is 10.00. The fourth-order valence-electron chi connectivity index (χ4n) is 9.73. The summed E-state index contributed by atoms with van der Waals surface area (Å²) < 4.78 is 9.11. The van der Waals surface area contributed by atoms with Gasteiger partial charge in [0, 0.05) is 38.5 Å². The van der Waals surface area contributed by atoms with Gasteiger partial charge in [0.25, 0.3) is 0 Å². The highest BCUT2D eigenvalue weighted by molar-refractivity contribution is 6.24. The zero-order chi connectivity index (χ0) is 45.0. The number of para-hydroxylation sites is 1. The van der Waals surface area contributed by atoms with Crippen LogP contribution < -0.4 is 0 Å². The van der Waals surface area contributed by atoms with E-state index in [-0.39, 0.29) is 0 Å². The molecule has 0 bridgehead atoms. The monoisotopic (exact) mass is 868 g/mol. The Balaban J connectivity index is 0.988. The van der Waals surface area contributed by atoms with Gasteiger partial charge in [0.2, 0.25) is 0 Å². The van der Waals surface area contributed by atoms with Crippen LogP contribution >= 0.6 is 0 Å². The Bertz CT molecular complexity index is 3900. The SMILES string of the molecule is c1ccc(-c2ccc(-c3cccc(-n4c5ccccc5c5ccc6oc7ccc(-c8nc(-c9cccc(-c%10ccccc%10)c9)nc(-c9cccc(-c%10ccccc%10)c9)n8)cc7c6c54)c3)cc2)cc1. The lowest BCUT2D eigenvalue weighted by Crippen LogP contribution is -2.00. The molecule has 0 aliphatic carbocycles. The predicted molar refractivity (Wildman–Crippen MR) is 279 cm³/mol. The van der Waals surface area contributed by atoms with Gasteiger partial charge in [0.15, 0.2) is 17.5 Å². The molecular weight excluding hydrogens is 829 g/mol. The van der Waals surface area contributed by atoms with Gasteiger partial charge in [0.05, 0.1) is 16.4 Å². The molecule has 0 saturated heterocycles. The van der Waals surface area contributed by atoms with Gasteiger partial charge in [-0.2, -0.15) is 0 Å². The number of hydrogen-bond donors (Lipinski definition) is 0. The first-order valence-corrected chi connectivity index (χ1v) is 22.9. The van der Waals surface area contributed by atoms with Crippen LogP contribution in [0.5, 0.6) is 0 Å². The Morgan fingerprint density at radius 3 is 1.31 bits per heavy atom. The lowest BCUT2D eigenvalue weighted by Gasteiger charge is -2.12. The Morgan fingerprint density at radius 1 is 0.279 bits per heavy atom. The van der Waals surface area contributed by atoms with Crippen LogP contribution in [0.2, 0.25) is 0 Å². The van der Waals surface area contributed by atoms with Crippen molar-refractivity contribution in [3.05, 3.63) is 243 Å². The highest BCUT2D eigenvalue weighted by Crippen LogP contribution is 2.42. The van der Waals surface area contributed by atoms with Crippen molar-refractivity contribution in [2.45, 2.75) is 0 Å². The van der Waals surface area contributed by atoms with Crippen molar-refractivity contribution in [2.75, 3.05) is 0 Å². The minimum atomic E-state index is 0.579. The van der Waals surface area contributed by atoms with Gasteiger partial charge in [-0.25, -0.2) is 15.0 Å². The third-order valence-corrected chi connectivity index (χ3v) is 13.0. The van der Waals surface area contributed by atoms with E-state index in [2.05, 4.69) is 235 Å². The molecule has 3 heterocycles. The van der Waals surface area contributed by atoms with Crippen molar-refractivity contribution in [3.8, 4) is 84.4 Å². The molecule has 0 spiro atoms. The third kappa shape index (κ3) is 6.93. The molecule has 68 heavy (non-hydrogen) atoms. The van der Waals surface area contributed by atoms with E-state index in [1.54, 1.807) is 0 Å². The first kappa shape index (κ1) is 39.2. The molecule has 318 valence electrons. The summed E-state index contributed by atoms with van der Waals surface area (Å²) in [4.78, 5) is 15.7. The minimum Gasteiger partial charge on any atom is -0.456 e. The standard InChI is InChI=1S/C63H40N4O/c1-4-15-41(16-5-1)44-29-31-45(32-30-44)48-23-14-26-52(39-48)67-56-28-11-10-27-53(56)54-34-36-58-59(60(54)67)55-40-51(33-35-57(55)68-58)63-65-61(49-24-12-21-46(37-49)42-17-6-2-7-18-42)64-62(66-63)50-25-13-22-47(38-50)43-19-8-3-9-20-43/h1-40H. The summed E-state index contributed by atoms with van der Waals surface area (Å²) in [5.41, 5.74) is 16.7. The quantitative estimate of drug-likeness (QED) is 0.153. The molecule has 0 saturated carbocycles. The van der Waals surface area contributed by atoms with E-state index < -0.39 is 0 Å². The van der Waals surface area contributed by atoms with E-state index in [1.807, 2.05) is 12.1 Å². The van der Waals surface area contributed by atoms with Crippen LogP contribution in [0.15, 0.2) is 247 Å². The summed E-state index contributed by atoms with van der Waals surface area (Å²) in [6.07, 6.45) is 0. The van der Waals surface area contributed by atoms with E-state index in [0.717, 1.165) is 94.1 Å². The average Bonchev–Trinajstić information content (AvgIpc) is 3.97. The van der Waals surface area contributed by atoms with Gasteiger partial charge >= 0.3 is 0 Å². The second kappa shape index (κ2) is 16.4. The number of aromatic nitrogens is 4. The Labute approximate surface area is 392 Å². The summed E-state index contributed by atoms with van der Waals surface area (Å²) in [7, 11) is 0. The van der Waals surface area contributed by atoms with Gasteiger partial charge in [-0.05, 0) is 105 Å². The van der Waals surface area contributed by atoms with Crippen LogP contribution in [0.25, 0.3) is 128 Å². The maximum Gasteiger partial charge on any atom is 0.164 e. The maximum atomic E-state index is 6.71. The molecule has 0 aliphatic rings. The van der Waals surface area contributed by atoms with Crippen molar-refractivity contribution in [2.24, 2.45) is 0 Å². The molecule has 0 unspecified atom stereocenters. The van der Waals surface area contributed by atoms with E-state index in [1.165, 1.54) is 16.5 Å². The van der Waals surface area contributed by atoms with E-state index in [9.17, 15) is 0 Å². The minimum absolute atomic E-state index is 0.579. The summed E-state index contributed by atoms with van der Waals surface area (Å²) in [5, 5.41) is 4.35. The summed E-state index contributed by atoms with van der Waals surface area (Å²) in [6, 6.07) is 85.2. The van der Waals surface area contributed by atoms with Gasteiger partial charge in [-0.3, -0.25) is 0 Å². The molecule has 0 amide bonds.